The van der Waals surface area contributed by atoms with Crippen molar-refractivity contribution in [3.05, 3.63) is 46.8 Å². The van der Waals surface area contributed by atoms with Gasteiger partial charge in [0.25, 0.3) is 0 Å². The molecular weight excluding hydrogens is 244 g/mol. The summed E-state index contributed by atoms with van der Waals surface area (Å²) in [5.74, 6) is 0. The second-order valence-electron chi connectivity index (χ2n) is 5.38. The van der Waals surface area contributed by atoms with E-state index in [1.165, 1.54) is 22.2 Å². The highest BCUT2D eigenvalue weighted by Crippen LogP contribution is 2.21. The Morgan fingerprint density at radius 1 is 1.05 bits per heavy atom. The highest BCUT2D eigenvalue weighted by Gasteiger charge is 2.21. The van der Waals surface area contributed by atoms with Crippen LogP contribution in [0, 0.1) is 6.92 Å². The predicted molar refractivity (Wildman–Crippen MR) is 86.9 cm³/mol. The second kappa shape index (κ2) is 6.74. The van der Waals surface area contributed by atoms with Gasteiger partial charge in [0.2, 0.25) is 0 Å². The first-order chi connectivity index (χ1) is 9.71. The summed E-state index contributed by atoms with van der Waals surface area (Å²) >= 11 is 0. The summed E-state index contributed by atoms with van der Waals surface area (Å²) in [7, 11) is 0. The Bertz CT molecular complexity index is 543. The molecule has 0 saturated heterocycles. The largest absolute Gasteiger partial charge is 0.370 e. The topological polar surface area (TPSA) is 15.6 Å². The molecule has 0 saturated carbocycles. The van der Waals surface area contributed by atoms with E-state index in [2.05, 4.69) is 62.9 Å². The molecule has 0 fully saturated rings. The summed E-state index contributed by atoms with van der Waals surface area (Å²) in [6.45, 7) is 11.0. The van der Waals surface area contributed by atoms with Gasteiger partial charge >= 0.3 is 0 Å². The Balaban J connectivity index is 2.12. The lowest BCUT2D eigenvalue weighted by molar-refractivity contribution is 0.635. The van der Waals surface area contributed by atoms with Crippen LogP contribution in [0.5, 0.6) is 0 Å². The summed E-state index contributed by atoms with van der Waals surface area (Å²) < 4.78 is 0. The maximum Gasteiger partial charge on any atom is 0.0865 e. The predicted octanol–water partition coefficient (Wildman–Crippen LogP) is 3.64. The van der Waals surface area contributed by atoms with Crippen LogP contribution < -0.4 is 10.3 Å². The molecule has 0 unspecified atom stereocenters. The van der Waals surface area contributed by atoms with E-state index in [4.69, 9.17) is 4.99 Å². The Morgan fingerprint density at radius 2 is 1.70 bits per heavy atom. The van der Waals surface area contributed by atoms with Gasteiger partial charge in [-0.25, -0.2) is 0 Å². The number of anilines is 1. The molecule has 0 spiro atoms. The third kappa shape index (κ3) is 3.30. The molecule has 0 bridgehead atoms. The molecule has 2 nitrogen and oxygen atoms in total. The van der Waals surface area contributed by atoms with Crippen molar-refractivity contribution in [3.63, 3.8) is 0 Å². The number of benzene rings is 1. The van der Waals surface area contributed by atoms with E-state index in [0.29, 0.717) is 6.04 Å². The summed E-state index contributed by atoms with van der Waals surface area (Å²) in [4.78, 5) is 7.39. The average Bonchev–Trinajstić information content (AvgIpc) is 3.10. The number of rotatable bonds is 7. The monoisotopic (exact) mass is 270 g/mol. The molecule has 0 N–H and O–H groups in total. The van der Waals surface area contributed by atoms with E-state index in [0.717, 1.165) is 25.9 Å². The molecule has 1 atom stereocenters. The molecule has 0 amide bonds. The van der Waals surface area contributed by atoms with Crippen molar-refractivity contribution in [2.45, 2.75) is 46.6 Å². The second-order valence-corrected chi connectivity index (χ2v) is 5.38. The van der Waals surface area contributed by atoms with Crippen molar-refractivity contribution in [1.82, 2.24) is 0 Å². The Hall–Kier alpha value is -1.57. The lowest BCUT2D eigenvalue weighted by atomic mass is 10.0. The van der Waals surface area contributed by atoms with Gasteiger partial charge in [-0.1, -0.05) is 37.3 Å². The zero-order valence-corrected chi connectivity index (χ0v) is 13.2. The Morgan fingerprint density at radius 3 is 2.25 bits per heavy atom. The van der Waals surface area contributed by atoms with Gasteiger partial charge in [0, 0.05) is 18.7 Å². The highest BCUT2D eigenvalue weighted by molar-refractivity contribution is 5.64. The van der Waals surface area contributed by atoms with E-state index in [-0.39, 0.29) is 0 Å². The van der Waals surface area contributed by atoms with E-state index >= 15 is 0 Å². The highest BCUT2D eigenvalue weighted by atomic mass is 15.1. The SMILES string of the molecule is CC[C@H](Cc1ccccc1)/N=c1/c(C)c1N(CC)CC. The van der Waals surface area contributed by atoms with Crippen molar-refractivity contribution >= 4 is 5.69 Å². The number of nitrogens with zero attached hydrogens (tertiary/aromatic N) is 2. The van der Waals surface area contributed by atoms with Crippen LogP contribution in [0.15, 0.2) is 35.3 Å². The molecule has 0 aliphatic carbocycles. The van der Waals surface area contributed by atoms with E-state index in [9.17, 15) is 0 Å². The lowest BCUT2D eigenvalue weighted by Crippen LogP contribution is -2.21. The summed E-state index contributed by atoms with van der Waals surface area (Å²) in [6, 6.07) is 11.1. The molecule has 108 valence electrons. The van der Waals surface area contributed by atoms with Gasteiger partial charge < -0.3 is 4.90 Å². The molecule has 0 heterocycles. The van der Waals surface area contributed by atoms with Crippen LogP contribution in [0.25, 0.3) is 0 Å². The molecule has 2 aromatic rings. The van der Waals surface area contributed by atoms with Crippen LogP contribution in [0.2, 0.25) is 0 Å². The Labute approximate surface area is 122 Å². The van der Waals surface area contributed by atoms with Crippen molar-refractivity contribution in [2.24, 2.45) is 4.99 Å². The number of hydrogen-bond acceptors (Lipinski definition) is 2. The minimum Gasteiger partial charge on any atom is -0.370 e. The summed E-state index contributed by atoms with van der Waals surface area (Å²) in [5.41, 5.74) is 4.16. The van der Waals surface area contributed by atoms with Crippen LogP contribution in [0.1, 0.15) is 38.3 Å². The van der Waals surface area contributed by atoms with Gasteiger partial charge in [-0.05, 0) is 39.2 Å². The van der Waals surface area contributed by atoms with Gasteiger partial charge in [-0.3, -0.25) is 4.99 Å². The molecule has 0 aliphatic heterocycles. The molecule has 0 aliphatic rings. The molecule has 0 aromatic heterocycles. The quantitative estimate of drug-likeness (QED) is 0.750. The Kier molecular flexibility index (Phi) is 4.99. The molecular formula is C18H26N2. The standard InChI is InChI=1S/C18H26N2/c1-5-16(13-15-11-9-8-10-12-15)19-17-14(4)18(17)20(6-2)7-3/h8-12,16H,5-7,13H2,1-4H3/b19-17-/t16-/m1/s1. The van der Waals surface area contributed by atoms with Crippen LogP contribution in [-0.2, 0) is 6.42 Å². The maximum absolute atomic E-state index is 4.98. The van der Waals surface area contributed by atoms with Crippen molar-refractivity contribution in [2.75, 3.05) is 18.0 Å². The van der Waals surface area contributed by atoms with E-state index in [1.54, 1.807) is 0 Å². The molecule has 2 rings (SSSR count). The minimum atomic E-state index is 0.399. The van der Waals surface area contributed by atoms with Crippen molar-refractivity contribution in [3.8, 4) is 0 Å². The zero-order chi connectivity index (χ0) is 14.5. The average molecular weight is 270 g/mol. The van der Waals surface area contributed by atoms with Gasteiger partial charge in [0.1, 0.15) is 0 Å². The van der Waals surface area contributed by atoms with Gasteiger partial charge in [0.15, 0.2) is 0 Å². The minimum absolute atomic E-state index is 0.399. The molecule has 2 heteroatoms. The molecule has 0 radical (unpaired) electrons. The van der Waals surface area contributed by atoms with Crippen molar-refractivity contribution in [1.29, 1.82) is 0 Å². The summed E-state index contributed by atoms with van der Waals surface area (Å²) in [5, 5.41) is 1.26. The van der Waals surface area contributed by atoms with E-state index < -0.39 is 0 Å². The third-order valence-corrected chi connectivity index (χ3v) is 4.05. The maximum atomic E-state index is 4.98. The van der Waals surface area contributed by atoms with Gasteiger partial charge in [-0.2, -0.15) is 0 Å². The smallest absolute Gasteiger partial charge is 0.0865 e. The first-order valence-electron chi connectivity index (χ1n) is 7.79. The molecule has 2 aromatic carbocycles. The van der Waals surface area contributed by atoms with Crippen molar-refractivity contribution < 1.29 is 0 Å². The fraction of sp³-hybridized carbons (Fsp3) is 0.500. The lowest BCUT2D eigenvalue weighted by Gasteiger charge is -2.15. The van der Waals surface area contributed by atoms with Gasteiger partial charge in [0.05, 0.1) is 17.1 Å². The number of hydrogen-bond donors (Lipinski definition) is 0. The van der Waals surface area contributed by atoms with Crippen LogP contribution >= 0.6 is 0 Å². The fourth-order valence-electron chi connectivity index (χ4n) is 2.69. The van der Waals surface area contributed by atoms with E-state index in [1.807, 2.05) is 0 Å². The normalized spacial score (nSPS) is 13.9. The van der Waals surface area contributed by atoms with Gasteiger partial charge in [-0.15, -0.1) is 0 Å². The van der Waals surface area contributed by atoms with Crippen LogP contribution in [0.3, 0.4) is 0 Å². The van der Waals surface area contributed by atoms with Crippen LogP contribution in [0.4, 0.5) is 5.69 Å². The summed E-state index contributed by atoms with van der Waals surface area (Å²) in [6.07, 6.45) is 2.14. The fourth-order valence-corrected chi connectivity index (χ4v) is 2.69. The first kappa shape index (κ1) is 14.8. The first-order valence-corrected chi connectivity index (χ1v) is 7.79. The zero-order valence-electron chi connectivity index (χ0n) is 13.2. The third-order valence-electron chi connectivity index (χ3n) is 4.05. The molecule has 20 heavy (non-hydrogen) atoms. The van der Waals surface area contributed by atoms with Crippen LogP contribution in [-0.4, -0.2) is 19.1 Å².